The van der Waals surface area contributed by atoms with Gasteiger partial charge in [-0.1, -0.05) is 0 Å². The maximum Gasteiger partial charge on any atom is 0.325 e. The number of hydrogen-bond acceptors (Lipinski definition) is 6. The first-order valence-electron chi connectivity index (χ1n) is 5.45. The lowest BCUT2D eigenvalue weighted by Gasteiger charge is -2.19. The molecule has 19 heavy (non-hydrogen) atoms. The summed E-state index contributed by atoms with van der Waals surface area (Å²) in [5.74, 6) is -1.66. The maximum atomic E-state index is 12.0. The van der Waals surface area contributed by atoms with Gasteiger partial charge in [0.1, 0.15) is 19.6 Å². The van der Waals surface area contributed by atoms with Crippen molar-refractivity contribution in [3.05, 3.63) is 18.5 Å². The van der Waals surface area contributed by atoms with Crippen LogP contribution in [0.15, 0.2) is 18.5 Å². The fraction of sp³-hybridized carbons (Fsp3) is 0.455. The van der Waals surface area contributed by atoms with Gasteiger partial charge in [-0.05, 0) is 6.07 Å². The molecule has 0 aliphatic heterocycles. The highest BCUT2D eigenvalue weighted by atomic mass is 16.5. The standard InChI is InChI=1S/C11H15N3O5/c1-18-10(16)7-13(8-11(17)19-2)9(15)6-14-5-3-4-12-14/h3-5H,6-8H2,1-2H3. The number of ether oxygens (including phenoxy) is 2. The lowest BCUT2D eigenvalue weighted by Crippen LogP contribution is -2.41. The molecule has 0 spiro atoms. The highest BCUT2D eigenvalue weighted by Crippen LogP contribution is 1.96. The monoisotopic (exact) mass is 269 g/mol. The fourth-order valence-corrected chi connectivity index (χ4v) is 1.31. The third-order valence-electron chi connectivity index (χ3n) is 2.30. The van der Waals surface area contributed by atoms with Gasteiger partial charge in [-0.25, -0.2) is 0 Å². The number of carbonyl (C=O) groups excluding carboxylic acids is 3. The summed E-state index contributed by atoms with van der Waals surface area (Å²) in [5, 5.41) is 3.87. The molecule has 0 aromatic carbocycles. The number of hydrogen-bond donors (Lipinski definition) is 0. The average Bonchev–Trinajstić information content (AvgIpc) is 2.90. The molecule has 1 aromatic rings. The van der Waals surface area contributed by atoms with E-state index in [4.69, 9.17) is 0 Å². The van der Waals surface area contributed by atoms with Crippen LogP contribution in [0.4, 0.5) is 0 Å². The first kappa shape index (κ1) is 14.7. The zero-order valence-corrected chi connectivity index (χ0v) is 10.7. The van der Waals surface area contributed by atoms with E-state index in [1.54, 1.807) is 12.3 Å². The molecule has 0 fully saturated rings. The normalized spacial score (nSPS) is 9.79. The van der Waals surface area contributed by atoms with E-state index in [2.05, 4.69) is 14.6 Å². The average molecular weight is 269 g/mol. The van der Waals surface area contributed by atoms with E-state index in [1.807, 2.05) is 0 Å². The molecule has 1 rings (SSSR count). The largest absolute Gasteiger partial charge is 0.468 e. The van der Waals surface area contributed by atoms with Crippen LogP contribution in [0.25, 0.3) is 0 Å². The number of carbonyl (C=O) groups is 3. The Hall–Kier alpha value is -2.38. The highest BCUT2D eigenvalue weighted by Gasteiger charge is 2.21. The fourth-order valence-electron chi connectivity index (χ4n) is 1.31. The van der Waals surface area contributed by atoms with Crippen molar-refractivity contribution in [2.75, 3.05) is 27.3 Å². The summed E-state index contributed by atoms with van der Waals surface area (Å²) in [6.45, 7) is -0.696. The summed E-state index contributed by atoms with van der Waals surface area (Å²) < 4.78 is 10.3. The maximum absolute atomic E-state index is 12.0. The number of esters is 2. The van der Waals surface area contributed by atoms with Crippen LogP contribution in [-0.4, -0.2) is 59.8 Å². The van der Waals surface area contributed by atoms with Gasteiger partial charge in [0.25, 0.3) is 0 Å². The van der Waals surface area contributed by atoms with Crippen molar-refractivity contribution < 1.29 is 23.9 Å². The molecule has 0 radical (unpaired) electrons. The van der Waals surface area contributed by atoms with Crippen LogP contribution in [0.2, 0.25) is 0 Å². The number of nitrogens with zero attached hydrogens (tertiary/aromatic N) is 3. The molecule has 1 heterocycles. The Morgan fingerprint density at radius 2 is 1.74 bits per heavy atom. The van der Waals surface area contributed by atoms with E-state index < -0.39 is 17.8 Å². The highest BCUT2D eigenvalue weighted by molar-refractivity contribution is 5.85. The van der Waals surface area contributed by atoms with Crippen molar-refractivity contribution in [3.8, 4) is 0 Å². The van der Waals surface area contributed by atoms with Gasteiger partial charge in [0, 0.05) is 12.4 Å². The van der Waals surface area contributed by atoms with Crippen molar-refractivity contribution in [1.82, 2.24) is 14.7 Å². The van der Waals surface area contributed by atoms with E-state index >= 15 is 0 Å². The van der Waals surface area contributed by atoms with Gasteiger partial charge >= 0.3 is 11.9 Å². The summed E-state index contributed by atoms with van der Waals surface area (Å²) in [7, 11) is 2.41. The Morgan fingerprint density at radius 3 is 2.16 bits per heavy atom. The molecule has 0 N–H and O–H groups in total. The topological polar surface area (TPSA) is 90.7 Å². The zero-order chi connectivity index (χ0) is 14.3. The molecule has 0 aliphatic carbocycles. The second-order valence-electron chi connectivity index (χ2n) is 3.61. The Labute approximate surface area is 109 Å². The van der Waals surface area contributed by atoms with Gasteiger partial charge < -0.3 is 14.4 Å². The van der Waals surface area contributed by atoms with E-state index in [9.17, 15) is 14.4 Å². The first-order chi connectivity index (χ1) is 9.06. The Balaban J connectivity index is 2.68. The van der Waals surface area contributed by atoms with Gasteiger partial charge in [-0.2, -0.15) is 5.10 Å². The Bertz CT molecular complexity index is 425. The molecule has 0 aliphatic rings. The molecule has 104 valence electrons. The first-order valence-corrected chi connectivity index (χ1v) is 5.45. The van der Waals surface area contributed by atoms with Crippen LogP contribution < -0.4 is 0 Å². The predicted molar refractivity (Wildman–Crippen MR) is 62.8 cm³/mol. The van der Waals surface area contributed by atoms with Crippen LogP contribution in [0, 0.1) is 0 Å². The van der Waals surface area contributed by atoms with Crippen LogP contribution in [0.3, 0.4) is 0 Å². The van der Waals surface area contributed by atoms with Crippen LogP contribution in [0.5, 0.6) is 0 Å². The minimum atomic E-state index is -0.613. The number of amides is 1. The SMILES string of the molecule is COC(=O)CN(CC(=O)OC)C(=O)Cn1cccn1. The summed E-state index contributed by atoms with van der Waals surface area (Å²) in [6.07, 6.45) is 3.13. The van der Waals surface area contributed by atoms with E-state index in [1.165, 1.54) is 25.1 Å². The van der Waals surface area contributed by atoms with Crippen molar-refractivity contribution in [1.29, 1.82) is 0 Å². The minimum absolute atomic E-state index is 0.0685. The van der Waals surface area contributed by atoms with Gasteiger partial charge in [-0.3, -0.25) is 19.1 Å². The second-order valence-corrected chi connectivity index (χ2v) is 3.61. The molecule has 0 saturated heterocycles. The van der Waals surface area contributed by atoms with Gasteiger partial charge in [0.15, 0.2) is 0 Å². The van der Waals surface area contributed by atoms with Crippen molar-refractivity contribution >= 4 is 17.8 Å². The van der Waals surface area contributed by atoms with Gasteiger partial charge in [0.2, 0.25) is 5.91 Å². The van der Waals surface area contributed by atoms with Crippen molar-refractivity contribution in [2.24, 2.45) is 0 Å². The molecule has 8 nitrogen and oxygen atoms in total. The molecule has 1 aromatic heterocycles. The van der Waals surface area contributed by atoms with Crippen molar-refractivity contribution in [2.45, 2.75) is 6.54 Å². The zero-order valence-electron chi connectivity index (χ0n) is 10.7. The van der Waals surface area contributed by atoms with Gasteiger partial charge in [0.05, 0.1) is 14.2 Å². The number of methoxy groups -OCH3 is 2. The third-order valence-corrected chi connectivity index (χ3v) is 2.30. The molecular weight excluding hydrogens is 254 g/mol. The van der Waals surface area contributed by atoms with Crippen LogP contribution in [-0.2, 0) is 30.4 Å². The predicted octanol–water partition coefficient (Wildman–Crippen LogP) is -0.942. The summed E-state index contributed by atoms with van der Waals surface area (Å²) in [4.78, 5) is 35.4. The minimum Gasteiger partial charge on any atom is -0.468 e. The van der Waals surface area contributed by atoms with Crippen LogP contribution in [0.1, 0.15) is 0 Å². The van der Waals surface area contributed by atoms with Crippen LogP contribution >= 0.6 is 0 Å². The second kappa shape index (κ2) is 7.14. The lowest BCUT2D eigenvalue weighted by molar-refractivity contribution is -0.152. The van der Waals surface area contributed by atoms with E-state index in [0.717, 1.165) is 4.90 Å². The van der Waals surface area contributed by atoms with E-state index in [-0.39, 0.29) is 19.6 Å². The smallest absolute Gasteiger partial charge is 0.325 e. The molecule has 0 atom stereocenters. The summed E-state index contributed by atoms with van der Waals surface area (Å²) in [5.41, 5.74) is 0. The Morgan fingerprint density at radius 1 is 1.16 bits per heavy atom. The number of rotatable bonds is 6. The van der Waals surface area contributed by atoms with Crippen molar-refractivity contribution in [3.63, 3.8) is 0 Å². The molecule has 8 heteroatoms. The summed E-state index contributed by atoms with van der Waals surface area (Å²) in [6, 6.07) is 1.66. The molecular formula is C11H15N3O5. The summed E-state index contributed by atoms with van der Waals surface area (Å²) >= 11 is 0. The molecule has 0 bridgehead atoms. The lowest BCUT2D eigenvalue weighted by atomic mass is 10.4. The van der Waals surface area contributed by atoms with E-state index in [0.29, 0.717) is 0 Å². The molecule has 0 unspecified atom stereocenters. The number of aromatic nitrogens is 2. The third kappa shape index (κ3) is 4.78. The quantitative estimate of drug-likeness (QED) is 0.619. The Kier molecular flexibility index (Phi) is 5.52. The van der Waals surface area contributed by atoms with Gasteiger partial charge in [-0.15, -0.1) is 0 Å². The molecule has 0 saturated carbocycles. The molecule has 1 amide bonds.